The Bertz CT molecular complexity index is 524. The highest BCUT2D eigenvalue weighted by atomic mass is 16.7. The van der Waals surface area contributed by atoms with E-state index in [0.29, 0.717) is 5.82 Å². The minimum absolute atomic E-state index is 0.256. The third kappa shape index (κ3) is 2.33. The van der Waals surface area contributed by atoms with Gasteiger partial charge in [-0.05, 0) is 19.1 Å². The summed E-state index contributed by atoms with van der Waals surface area (Å²) in [5, 5.41) is 14.0. The summed E-state index contributed by atoms with van der Waals surface area (Å²) in [6.07, 6.45) is 0.339. The standard InChI is InChI=1S/C12H13N3O3/c1-2-18-15(12(16)17)11-8-9-13-14(11)10-6-4-3-5-7-10/h3-9H,2H2,1H3,(H,16,17). The van der Waals surface area contributed by atoms with Crippen LogP contribution in [0.5, 0.6) is 0 Å². The Labute approximate surface area is 104 Å². The molecule has 0 fully saturated rings. The van der Waals surface area contributed by atoms with Gasteiger partial charge in [0.05, 0.1) is 18.5 Å². The highest BCUT2D eigenvalue weighted by molar-refractivity contribution is 5.82. The fourth-order valence-electron chi connectivity index (χ4n) is 1.57. The second-order valence-corrected chi connectivity index (χ2v) is 3.43. The highest BCUT2D eigenvalue weighted by Crippen LogP contribution is 2.19. The van der Waals surface area contributed by atoms with E-state index in [1.165, 1.54) is 10.9 Å². The van der Waals surface area contributed by atoms with E-state index in [4.69, 9.17) is 9.94 Å². The normalized spacial score (nSPS) is 10.3. The van der Waals surface area contributed by atoms with E-state index in [1.807, 2.05) is 30.3 Å². The Morgan fingerprint density at radius 3 is 2.72 bits per heavy atom. The zero-order valence-electron chi connectivity index (χ0n) is 9.85. The summed E-state index contributed by atoms with van der Waals surface area (Å²) in [5.74, 6) is 0.343. The Morgan fingerprint density at radius 1 is 1.39 bits per heavy atom. The number of benzene rings is 1. The second kappa shape index (κ2) is 5.33. The van der Waals surface area contributed by atoms with Crippen LogP contribution in [0.1, 0.15) is 6.92 Å². The molecule has 0 saturated carbocycles. The molecule has 0 bridgehead atoms. The van der Waals surface area contributed by atoms with Gasteiger partial charge < -0.3 is 5.11 Å². The molecule has 0 aliphatic heterocycles. The third-order valence-corrected chi connectivity index (χ3v) is 2.26. The van der Waals surface area contributed by atoms with Crippen molar-refractivity contribution in [1.29, 1.82) is 0 Å². The molecule has 0 atom stereocenters. The molecule has 18 heavy (non-hydrogen) atoms. The van der Waals surface area contributed by atoms with E-state index in [-0.39, 0.29) is 6.61 Å². The maximum absolute atomic E-state index is 11.1. The van der Waals surface area contributed by atoms with E-state index in [2.05, 4.69) is 5.10 Å². The van der Waals surface area contributed by atoms with Crippen molar-refractivity contribution in [3.8, 4) is 5.69 Å². The average molecular weight is 247 g/mol. The molecule has 0 aliphatic carbocycles. The monoisotopic (exact) mass is 247 g/mol. The van der Waals surface area contributed by atoms with Gasteiger partial charge in [-0.1, -0.05) is 18.2 Å². The summed E-state index contributed by atoms with van der Waals surface area (Å²) < 4.78 is 1.50. The summed E-state index contributed by atoms with van der Waals surface area (Å²) in [6, 6.07) is 10.8. The Balaban J connectivity index is 2.41. The van der Waals surface area contributed by atoms with Crippen LogP contribution in [0.25, 0.3) is 5.69 Å². The number of hydroxylamine groups is 1. The van der Waals surface area contributed by atoms with Crippen molar-refractivity contribution in [3.05, 3.63) is 42.6 Å². The lowest BCUT2D eigenvalue weighted by atomic mass is 10.3. The molecule has 2 aromatic rings. The number of hydrogen-bond donors (Lipinski definition) is 1. The minimum Gasteiger partial charge on any atom is -0.463 e. The van der Waals surface area contributed by atoms with Crippen molar-refractivity contribution in [2.24, 2.45) is 0 Å². The van der Waals surface area contributed by atoms with E-state index < -0.39 is 6.09 Å². The van der Waals surface area contributed by atoms with Crippen molar-refractivity contribution >= 4 is 11.9 Å². The van der Waals surface area contributed by atoms with Gasteiger partial charge in [-0.25, -0.2) is 9.48 Å². The van der Waals surface area contributed by atoms with Crippen molar-refractivity contribution in [2.45, 2.75) is 6.92 Å². The number of amides is 1. The van der Waals surface area contributed by atoms with Crippen LogP contribution < -0.4 is 5.06 Å². The van der Waals surface area contributed by atoms with Gasteiger partial charge in [0.1, 0.15) is 0 Å². The molecule has 1 N–H and O–H groups in total. The molecule has 0 aliphatic rings. The van der Waals surface area contributed by atoms with Gasteiger partial charge in [-0.3, -0.25) is 4.84 Å². The van der Waals surface area contributed by atoms with Crippen LogP contribution in [0.4, 0.5) is 10.6 Å². The molecule has 94 valence electrons. The number of carboxylic acid groups (broad SMARTS) is 1. The summed E-state index contributed by atoms with van der Waals surface area (Å²) >= 11 is 0. The fraction of sp³-hybridized carbons (Fsp3) is 0.167. The molecular formula is C12H13N3O3. The van der Waals surface area contributed by atoms with Gasteiger partial charge in [0.25, 0.3) is 0 Å². The first-order valence-corrected chi connectivity index (χ1v) is 5.49. The number of nitrogens with zero attached hydrogens (tertiary/aromatic N) is 3. The first-order chi connectivity index (χ1) is 8.74. The van der Waals surface area contributed by atoms with Crippen LogP contribution in [0.15, 0.2) is 42.6 Å². The zero-order chi connectivity index (χ0) is 13.0. The van der Waals surface area contributed by atoms with Gasteiger partial charge in [-0.15, -0.1) is 5.06 Å². The molecule has 1 heterocycles. The van der Waals surface area contributed by atoms with E-state index in [1.54, 1.807) is 13.0 Å². The maximum atomic E-state index is 11.1. The lowest BCUT2D eigenvalue weighted by molar-refractivity contribution is 0.101. The third-order valence-electron chi connectivity index (χ3n) is 2.26. The molecule has 1 aromatic heterocycles. The van der Waals surface area contributed by atoms with Crippen molar-refractivity contribution in [2.75, 3.05) is 11.7 Å². The summed E-state index contributed by atoms with van der Waals surface area (Å²) in [5.41, 5.74) is 0.767. The van der Waals surface area contributed by atoms with Crippen LogP contribution in [0.2, 0.25) is 0 Å². The molecule has 1 aromatic carbocycles. The topological polar surface area (TPSA) is 67.6 Å². The number of aromatic nitrogens is 2. The van der Waals surface area contributed by atoms with Crippen LogP contribution >= 0.6 is 0 Å². The molecular weight excluding hydrogens is 234 g/mol. The highest BCUT2D eigenvalue weighted by Gasteiger charge is 2.20. The largest absolute Gasteiger partial charge is 0.463 e. The van der Waals surface area contributed by atoms with Gasteiger partial charge in [0.15, 0.2) is 5.82 Å². The SMILES string of the molecule is CCON(C(=O)O)c1ccnn1-c1ccccc1. The number of rotatable bonds is 4. The molecule has 0 spiro atoms. The first-order valence-electron chi connectivity index (χ1n) is 5.49. The molecule has 0 unspecified atom stereocenters. The van der Waals surface area contributed by atoms with Gasteiger partial charge in [0.2, 0.25) is 0 Å². The minimum atomic E-state index is -1.19. The molecule has 0 saturated heterocycles. The average Bonchev–Trinajstić information content (AvgIpc) is 2.85. The van der Waals surface area contributed by atoms with E-state index in [0.717, 1.165) is 10.8 Å². The summed E-state index contributed by atoms with van der Waals surface area (Å²) in [4.78, 5) is 16.2. The van der Waals surface area contributed by atoms with Crippen LogP contribution in [0.3, 0.4) is 0 Å². The predicted octanol–water partition coefficient (Wildman–Crippen LogP) is 2.31. The van der Waals surface area contributed by atoms with Crippen molar-refractivity contribution in [3.63, 3.8) is 0 Å². The van der Waals surface area contributed by atoms with Crippen LogP contribution in [0, 0.1) is 0 Å². The lowest BCUT2D eigenvalue weighted by Crippen LogP contribution is -2.31. The Hall–Kier alpha value is -2.34. The Morgan fingerprint density at radius 2 is 2.11 bits per heavy atom. The molecule has 6 heteroatoms. The van der Waals surface area contributed by atoms with Gasteiger partial charge in [0, 0.05) is 6.07 Å². The van der Waals surface area contributed by atoms with Crippen molar-refractivity contribution in [1.82, 2.24) is 9.78 Å². The van der Waals surface area contributed by atoms with E-state index >= 15 is 0 Å². The number of anilines is 1. The van der Waals surface area contributed by atoms with Crippen LogP contribution in [-0.4, -0.2) is 27.6 Å². The second-order valence-electron chi connectivity index (χ2n) is 3.43. The quantitative estimate of drug-likeness (QED) is 0.842. The molecule has 0 radical (unpaired) electrons. The van der Waals surface area contributed by atoms with Gasteiger partial charge >= 0.3 is 6.09 Å². The predicted molar refractivity (Wildman–Crippen MR) is 65.7 cm³/mol. The smallest absolute Gasteiger partial charge is 0.437 e. The summed E-state index contributed by atoms with van der Waals surface area (Å²) in [7, 11) is 0. The first kappa shape index (κ1) is 12.1. The summed E-state index contributed by atoms with van der Waals surface area (Å²) in [6.45, 7) is 1.98. The number of hydrogen-bond acceptors (Lipinski definition) is 3. The van der Waals surface area contributed by atoms with Crippen LogP contribution in [-0.2, 0) is 4.84 Å². The van der Waals surface area contributed by atoms with Gasteiger partial charge in [-0.2, -0.15) is 5.10 Å². The maximum Gasteiger partial charge on any atom is 0.437 e. The number of para-hydroxylation sites is 1. The Kier molecular flexibility index (Phi) is 3.59. The lowest BCUT2D eigenvalue weighted by Gasteiger charge is -2.18. The van der Waals surface area contributed by atoms with Crippen molar-refractivity contribution < 1.29 is 14.7 Å². The molecule has 6 nitrogen and oxygen atoms in total. The fourth-order valence-corrected chi connectivity index (χ4v) is 1.57. The van der Waals surface area contributed by atoms with E-state index in [9.17, 15) is 4.79 Å². The number of carbonyl (C=O) groups is 1. The molecule has 2 rings (SSSR count). The molecule has 1 amide bonds. The zero-order valence-corrected chi connectivity index (χ0v) is 9.85.